The monoisotopic (exact) mass is 419 g/mol. The van der Waals surface area contributed by atoms with Crippen molar-refractivity contribution in [2.24, 2.45) is 0 Å². The van der Waals surface area contributed by atoms with Crippen LogP contribution in [-0.4, -0.2) is 31.2 Å². The molecule has 0 aromatic heterocycles. The predicted molar refractivity (Wildman–Crippen MR) is 99.5 cm³/mol. The molecule has 0 spiro atoms. The Balaban J connectivity index is 1.54. The van der Waals surface area contributed by atoms with Gasteiger partial charge in [0.25, 0.3) is 5.91 Å². The number of benzene rings is 2. The van der Waals surface area contributed by atoms with Gasteiger partial charge in [0.1, 0.15) is 13.2 Å². The molecule has 0 radical (unpaired) electrons. The molecule has 0 saturated heterocycles. The minimum Gasteiger partial charge on any atom is -0.486 e. The molecule has 1 heterocycles. The minimum absolute atomic E-state index is 0.106. The molecule has 1 aliphatic rings. The van der Waals surface area contributed by atoms with Crippen LogP contribution in [0.5, 0.6) is 11.5 Å². The van der Waals surface area contributed by atoms with Gasteiger partial charge in [0, 0.05) is 16.2 Å². The first-order valence-electron chi connectivity index (χ1n) is 8.16. The van der Waals surface area contributed by atoms with Crippen LogP contribution in [0.2, 0.25) is 0 Å². The lowest BCUT2D eigenvalue weighted by Crippen LogP contribution is -2.30. The molecule has 1 atom stereocenters. The maximum absolute atomic E-state index is 12.2. The standard InChI is InChI=1S/C19H18BrNO5/c1-12(26-18(22)10-13-2-4-14(20)5-3-13)19(23)21-15-6-7-16-17(11-15)25-9-8-24-16/h2-7,11-12H,8-10H2,1H3,(H,21,23)/t12-/m0/s1. The highest BCUT2D eigenvalue weighted by atomic mass is 79.9. The maximum atomic E-state index is 12.2. The molecular weight excluding hydrogens is 402 g/mol. The van der Waals surface area contributed by atoms with Gasteiger partial charge in [-0.25, -0.2) is 0 Å². The third-order valence-corrected chi connectivity index (χ3v) is 4.28. The van der Waals surface area contributed by atoms with Crippen LogP contribution < -0.4 is 14.8 Å². The number of carbonyl (C=O) groups excluding carboxylic acids is 2. The van der Waals surface area contributed by atoms with E-state index in [1.54, 1.807) is 18.2 Å². The first kappa shape index (κ1) is 18.3. The SMILES string of the molecule is C[C@H](OC(=O)Cc1ccc(Br)cc1)C(=O)Nc1ccc2c(c1)OCCO2. The molecule has 2 aromatic carbocycles. The molecule has 1 amide bonds. The average Bonchev–Trinajstić information content (AvgIpc) is 2.63. The first-order chi connectivity index (χ1) is 12.5. The van der Waals surface area contributed by atoms with Crippen molar-refractivity contribution in [2.45, 2.75) is 19.4 Å². The molecule has 0 fully saturated rings. The van der Waals surface area contributed by atoms with E-state index in [2.05, 4.69) is 21.2 Å². The van der Waals surface area contributed by atoms with Crippen molar-refractivity contribution >= 4 is 33.5 Å². The maximum Gasteiger partial charge on any atom is 0.311 e. The van der Waals surface area contributed by atoms with E-state index in [-0.39, 0.29) is 6.42 Å². The van der Waals surface area contributed by atoms with Crippen LogP contribution in [0, 0.1) is 0 Å². The molecule has 3 rings (SSSR count). The Kier molecular flexibility index (Phi) is 5.78. The summed E-state index contributed by atoms with van der Waals surface area (Å²) in [7, 11) is 0. The third kappa shape index (κ3) is 4.76. The number of carbonyl (C=O) groups is 2. The molecule has 26 heavy (non-hydrogen) atoms. The van der Waals surface area contributed by atoms with E-state index < -0.39 is 18.0 Å². The number of esters is 1. The Hall–Kier alpha value is -2.54. The number of hydrogen-bond acceptors (Lipinski definition) is 5. The highest BCUT2D eigenvalue weighted by molar-refractivity contribution is 9.10. The number of anilines is 1. The van der Waals surface area contributed by atoms with Gasteiger partial charge in [-0.15, -0.1) is 0 Å². The van der Waals surface area contributed by atoms with Crippen molar-refractivity contribution in [3.8, 4) is 11.5 Å². The Morgan fingerprint density at radius 2 is 1.81 bits per heavy atom. The lowest BCUT2D eigenvalue weighted by Gasteiger charge is -2.19. The lowest BCUT2D eigenvalue weighted by molar-refractivity contribution is -0.152. The molecule has 1 N–H and O–H groups in total. The fraction of sp³-hybridized carbons (Fsp3) is 0.263. The summed E-state index contributed by atoms with van der Waals surface area (Å²) in [6.07, 6.45) is -0.805. The van der Waals surface area contributed by atoms with Gasteiger partial charge in [-0.1, -0.05) is 28.1 Å². The largest absolute Gasteiger partial charge is 0.486 e. The van der Waals surface area contributed by atoms with Crippen LogP contribution in [0.4, 0.5) is 5.69 Å². The van der Waals surface area contributed by atoms with E-state index in [0.29, 0.717) is 30.4 Å². The van der Waals surface area contributed by atoms with Gasteiger partial charge in [-0.3, -0.25) is 9.59 Å². The van der Waals surface area contributed by atoms with Crippen LogP contribution in [0.25, 0.3) is 0 Å². The summed E-state index contributed by atoms with van der Waals surface area (Å²) < 4.78 is 17.1. The lowest BCUT2D eigenvalue weighted by atomic mass is 10.1. The highest BCUT2D eigenvalue weighted by Crippen LogP contribution is 2.32. The van der Waals surface area contributed by atoms with E-state index in [0.717, 1.165) is 10.0 Å². The number of ether oxygens (including phenoxy) is 3. The third-order valence-electron chi connectivity index (χ3n) is 3.75. The van der Waals surface area contributed by atoms with Crippen molar-refractivity contribution in [1.82, 2.24) is 0 Å². The normalized spacial score (nSPS) is 13.6. The Morgan fingerprint density at radius 1 is 1.12 bits per heavy atom. The van der Waals surface area contributed by atoms with Gasteiger partial charge in [-0.05, 0) is 36.8 Å². The Labute approximate surface area is 159 Å². The summed E-state index contributed by atoms with van der Waals surface area (Å²) in [5, 5.41) is 2.71. The summed E-state index contributed by atoms with van der Waals surface area (Å²) in [6, 6.07) is 12.5. The number of nitrogens with one attached hydrogen (secondary N) is 1. The number of fused-ring (bicyclic) bond motifs is 1. The van der Waals surface area contributed by atoms with E-state index in [1.165, 1.54) is 6.92 Å². The van der Waals surface area contributed by atoms with E-state index >= 15 is 0 Å². The topological polar surface area (TPSA) is 73.9 Å². The van der Waals surface area contributed by atoms with Crippen molar-refractivity contribution < 1.29 is 23.8 Å². The van der Waals surface area contributed by atoms with Crippen molar-refractivity contribution in [3.63, 3.8) is 0 Å². The number of hydrogen-bond donors (Lipinski definition) is 1. The zero-order valence-corrected chi connectivity index (χ0v) is 15.7. The molecule has 0 bridgehead atoms. The van der Waals surface area contributed by atoms with Crippen LogP contribution in [0.3, 0.4) is 0 Å². The van der Waals surface area contributed by atoms with Gasteiger partial charge in [0.15, 0.2) is 17.6 Å². The van der Waals surface area contributed by atoms with Crippen molar-refractivity contribution in [3.05, 3.63) is 52.5 Å². The van der Waals surface area contributed by atoms with E-state index in [4.69, 9.17) is 14.2 Å². The molecule has 0 unspecified atom stereocenters. The minimum atomic E-state index is -0.911. The molecule has 7 heteroatoms. The Bertz CT molecular complexity index is 806. The van der Waals surface area contributed by atoms with E-state index in [9.17, 15) is 9.59 Å². The zero-order valence-electron chi connectivity index (χ0n) is 14.2. The van der Waals surface area contributed by atoms with Crippen LogP contribution in [0.15, 0.2) is 46.9 Å². The van der Waals surface area contributed by atoms with Crippen LogP contribution in [0.1, 0.15) is 12.5 Å². The number of rotatable bonds is 5. The van der Waals surface area contributed by atoms with Gasteiger partial charge in [0.05, 0.1) is 6.42 Å². The quantitative estimate of drug-likeness (QED) is 0.752. The molecular formula is C19H18BrNO5. The van der Waals surface area contributed by atoms with Gasteiger partial charge in [-0.2, -0.15) is 0 Å². The second-order valence-corrected chi connectivity index (χ2v) is 6.70. The average molecular weight is 420 g/mol. The smallest absolute Gasteiger partial charge is 0.311 e. The number of amides is 1. The van der Waals surface area contributed by atoms with Gasteiger partial charge >= 0.3 is 5.97 Å². The molecule has 0 saturated carbocycles. The zero-order chi connectivity index (χ0) is 18.5. The van der Waals surface area contributed by atoms with Crippen LogP contribution in [-0.2, 0) is 20.7 Å². The second-order valence-electron chi connectivity index (χ2n) is 5.78. The molecule has 2 aromatic rings. The predicted octanol–water partition coefficient (Wildman–Crippen LogP) is 3.33. The van der Waals surface area contributed by atoms with Crippen molar-refractivity contribution in [2.75, 3.05) is 18.5 Å². The molecule has 1 aliphatic heterocycles. The fourth-order valence-electron chi connectivity index (χ4n) is 2.43. The van der Waals surface area contributed by atoms with Crippen molar-refractivity contribution in [1.29, 1.82) is 0 Å². The first-order valence-corrected chi connectivity index (χ1v) is 8.95. The summed E-state index contributed by atoms with van der Waals surface area (Å²) in [5.41, 5.74) is 1.37. The summed E-state index contributed by atoms with van der Waals surface area (Å²) >= 11 is 3.34. The summed E-state index contributed by atoms with van der Waals surface area (Å²) in [6.45, 7) is 2.51. The van der Waals surface area contributed by atoms with Gasteiger partial charge in [0.2, 0.25) is 0 Å². The second kappa shape index (κ2) is 8.23. The molecule has 6 nitrogen and oxygen atoms in total. The molecule has 136 valence electrons. The molecule has 0 aliphatic carbocycles. The van der Waals surface area contributed by atoms with E-state index in [1.807, 2.05) is 24.3 Å². The van der Waals surface area contributed by atoms with Crippen LogP contribution >= 0.6 is 15.9 Å². The highest BCUT2D eigenvalue weighted by Gasteiger charge is 2.19. The number of halogens is 1. The Morgan fingerprint density at radius 3 is 2.54 bits per heavy atom. The summed E-state index contributed by atoms with van der Waals surface area (Å²) in [5.74, 6) is 0.347. The van der Waals surface area contributed by atoms with Gasteiger partial charge < -0.3 is 19.5 Å². The summed E-state index contributed by atoms with van der Waals surface area (Å²) in [4.78, 5) is 24.3. The fourth-order valence-corrected chi connectivity index (χ4v) is 2.69.